The van der Waals surface area contributed by atoms with Gasteiger partial charge in [0.15, 0.2) is 11.8 Å². The second kappa shape index (κ2) is 8.68. The lowest BCUT2D eigenvalue weighted by Crippen LogP contribution is -2.53. The van der Waals surface area contributed by atoms with Crippen molar-refractivity contribution < 1.29 is 5.11 Å². The average Bonchev–Trinajstić information content (AvgIpc) is 2.71. The number of anilines is 1. The van der Waals surface area contributed by atoms with Crippen LogP contribution in [0.1, 0.15) is 11.1 Å². The van der Waals surface area contributed by atoms with Gasteiger partial charge in [0.1, 0.15) is 0 Å². The van der Waals surface area contributed by atoms with E-state index >= 15 is 0 Å². The zero-order valence-corrected chi connectivity index (χ0v) is 15.8. The minimum atomic E-state index is -0.0720. The second-order valence-electron chi connectivity index (χ2n) is 6.52. The van der Waals surface area contributed by atoms with E-state index < -0.39 is 0 Å². The normalized spacial score (nSPS) is 15.1. The molecule has 1 aromatic heterocycles. The third kappa shape index (κ3) is 4.46. The molecule has 3 rings (SSSR count). The van der Waals surface area contributed by atoms with E-state index in [9.17, 15) is 9.90 Å². The number of aliphatic imine (C=N–C) groups is 1. The number of piperazine rings is 1. The van der Waals surface area contributed by atoms with Crippen molar-refractivity contribution in [3.8, 4) is 0 Å². The number of nitrogens with zero attached hydrogens (tertiary/aromatic N) is 5. The highest BCUT2D eigenvalue weighted by Gasteiger charge is 2.22. The third-order valence-corrected chi connectivity index (χ3v) is 4.71. The van der Waals surface area contributed by atoms with Gasteiger partial charge in [-0.25, -0.2) is 4.98 Å². The molecular weight excluding hydrogens is 344 g/mol. The van der Waals surface area contributed by atoms with Crippen molar-refractivity contribution in [2.45, 2.75) is 13.2 Å². The predicted octanol–water partition coefficient (Wildman–Crippen LogP) is 0.170. The Hall–Kier alpha value is -2.87. The van der Waals surface area contributed by atoms with Crippen LogP contribution in [-0.4, -0.2) is 58.7 Å². The van der Waals surface area contributed by atoms with Crippen LogP contribution in [-0.2, 0) is 20.2 Å². The van der Waals surface area contributed by atoms with Crippen LogP contribution in [0.2, 0.25) is 0 Å². The topological polar surface area (TPSA) is 86.0 Å². The monoisotopic (exact) mass is 370 g/mol. The van der Waals surface area contributed by atoms with Crippen LogP contribution in [0.3, 0.4) is 0 Å². The van der Waals surface area contributed by atoms with E-state index in [2.05, 4.69) is 20.2 Å². The molecule has 1 fully saturated rings. The summed E-state index contributed by atoms with van der Waals surface area (Å²) in [4.78, 5) is 25.1. The molecule has 0 aliphatic carbocycles. The van der Waals surface area contributed by atoms with E-state index in [-0.39, 0.29) is 12.2 Å². The second-order valence-corrected chi connectivity index (χ2v) is 6.52. The van der Waals surface area contributed by atoms with Gasteiger partial charge in [0.25, 0.3) is 5.56 Å². The fourth-order valence-corrected chi connectivity index (χ4v) is 3.18. The van der Waals surface area contributed by atoms with Gasteiger partial charge in [-0.1, -0.05) is 24.3 Å². The number of benzene rings is 1. The van der Waals surface area contributed by atoms with Crippen molar-refractivity contribution in [2.24, 2.45) is 12.0 Å². The van der Waals surface area contributed by atoms with Gasteiger partial charge >= 0.3 is 0 Å². The van der Waals surface area contributed by atoms with Gasteiger partial charge in [0, 0.05) is 59.2 Å². The fraction of sp³-hybridized carbons (Fsp3) is 0.421. The number of aliphatic hydroxyl groups excluding tert-OH is 1. The molecule has 2 N–H and O–H groups in total. The molecule has 1 saturated heterocycles. The van der Waals surface area contributed by atoms with Gasteiger partial charge in [-0.15, -0.1) is 0 Å². The Labute approximate surface area is 158 Å². The number of hydrogen-bond donors (Lipinski definition) is 2. The summed E-state index contributed by atoms with van der Waals surface area (Å²) >= 11 is 0. The SMILES string of the molecule is CN=C(NCc1cccc(CO)c1)N1CCN(c2nccn(C)c2=O)CC1. The van der Waals surface area contributed by atoms with Crippen LogP contribution < -0.4 is 15.8 Å². The Kier molecular flexibility index (Phi) is 6.08. The lowest BCUT2D eigenvalue weighted by Gasteiger charge is -2.36. The van der Waals surface area contributed by atoms with E-state index in [0.29, 0.717) is 25.5 Å². The summed E-state index contributed by atoms with van der Waals surface area (Å²) in [5.74, 6) is 1.33. The lowest BCUT2D eigenvalue weighted by atomic mass is 10.1. The van der Waals surface area contributed by atoms with Crippen LogP contribution in [0.15, 0.2) is 46.4 Å². The number of aromatic nitrogens is 2. The smallest absolute Gasteiger partial charge is 0.293 e. The molecule has 2 heterocycles. The van der Waals surface area contributed by atoms with Crippen LogP contribution >= 0.6 is 0 Å². The largest absolute Gasteiger partial charge is 0.392 e. The van der Waals surface area contributed by atoms with Crippen LogP contribution in [0.5, 0.6) is 0 Å². The maximum Gasteiger partial charge on any atom is 0.293 e. The molecule has 0 saturated carbocycles. The van der Waals surface area contributed by atoms with Crippen LogP contribution in [0, 0.1) is 0 Å². The van der Waals surface area contributed by atoms with E-state index in [1.807, 2.05) is 29.2 Å². The molecule has 0 amide bonds. The summed E-state index contributed by atoms with van der Waals surface area (Å²) in [7, 11) is 3.51. The molecule has 8 nitrogen and oxygen atoms in total. The van der Waals surface area contributed by atoms with Crippen LogP contribution in [0.4, 0.5) is 5.82 Å². The van der Waals surface area contributed by atoms with Gasteiger partial charge < -0.3 is 24.8 Å². The van der Waals surface area contributed by atoms with Crippen molar-refractivity contribution in [3.63, 3.8) is 0 Å². The number of aliphatic hydroxyl groups is 1. The third-order valence-electron chi connectivity index (χ3n) is 4.71. The Balaban J connectivity index is 1.58. The first kappa shape index (κ1) is 18.9. The fourth-order valence-electron chi connectivity index (χ4n) is 3.18. The first-order chi connectivity index (χ1) is 13.1. The van der Waals surface area contributed by atoms with Gasteiger partial charge in [0.2, 0.25) is 0 Å². The molecule has 0 bridgehead atoms. The van der Waals surface area contributed by atoms with Crippen molar-refractivity contribution in [1.29, 1.82) is 0 Å². The molecular formula is C19H26N6O2. The van der Waals surface area contributed by atoms with Crippen molar-refractivity contribution in [2.75, 3.05) is 38.1 Å². The Bertz CT molecular complexity index is 855. The van der Waals surface area contributed by atoms with E-state index in [1.165, 1.54) is 0 Å². The highest BCUT2D eigenvalue weighted by Crippen LogP contribution is 2.10. The molecule has 2 aromatic rings. The highest BCUT2D eigenvalue weighted by molar-refractivity contribution is 5.80. The van der Waals surface area contributed by atoms with Gasteiger partial charge in [0.05, 0.1) is 6.61 Å². The predicted molar refractivity (Wildman–Crippen MR) is 106 cm³/mol. The molecule has 1 aliphatic rings. The van der Waals surface area contributed by atoms with Gasteiger partial charge in [-0.05, 0) is 11.1 Å². The molecule has 0 spiro atoms. The van der Waals surface area contributed by atoms with E-state index in [4.69, 9.17) is 0 Å². The van der Waals surface area contributed by atoms with Crippen molar-refractivity contribution >= 4 is 11.8 Å². The van der Waals surface area contributed by atoms with Gasteiger partial charge in [-0.3, -0.25) is 9.79 Å². The Morgan fingerprint density at radius 1 is 1.26 bits per heavy atom. The molecule has 0 unspecified atom stereocenters. The molecule has 0 atom stereocenters. The maximum atomic E-state index is 12.2. The number of nitrogens with one attached hydrogen (secondary N) is 1. The zero-order valence-electron chi connectivity index (χ0n) is 15.8. The summed E-state index contributed by atoms with van der Waals surface area (Å²) < 4.78 is 1.55. The zero-order chi connectivity index (χ0) is 19.2. The number of guanidine groups is 1. The summed E-state index contributed by atoms with van der Waals surface area (Å²) in [5.41, 5.74) is 1.92. The van der Waals surface area contributed by atoms with Gasteiger partial charge in [-0.2, -0.15) is 0 Å². The van der Waals surface area contributed by atoms with Crippen molar-refractivity contribution in [1.82, 2.24) is 19.8 Å². The summed E-state index contributed by atoms with van der Waals surface area (Å²) in [6.45, 7) is 3.63. The lowest BCUT2D eigenvalue weighted by molar-refractivity contribution is 0.281. The average molecular weight is 370 g/mol. The molecule has 144 valence electrons. The highest BCUT2D eigenvalue weighted by atomic mass is 16.3. The molecule has 8 heteroatoms. The maximum absolute atomic E-state index is 12.2. The van der Waals surface area contributed by atoms with E-state index in [0.717, 1.165) is 30.2 Å². The van der Waals surface area contributed by atoms with Crippen LogP contribution in [0.25, 0.3) is 0 Å². The molecule has 27 heavy (non-hydrogen) atoms. The molecule has 0 radical (unpaired) electrons. The van der Waals surface area contributed by atoms with E-state index in [1.54, 1.807) is 31.1 Å². The summed E-state index contributed by atoms with van der Waals surface area (Å²) in [6.07, 6.45) is 3.32. The number of rotatable bonds is 4. The number of aryl methyl sites for hydroxylation is 1. The minimum absolute atomic E-state index is 0.0392. The molecule has 1 aromatic carbocycles. The molecule has 1 aliphatic heterocycles. The quantitative estimate of drug-likeness (QED) is 0.590. The minimum Gasteiger partial charge on any atom is -0.392 e. The first-order valence-electron chi connectivity index (χ1n) is 9.03. The first-order valence-corrected chi connectivity index (χ1v) is 9.03. The van der Waals surface area contributed by atoms with Crippen molar-refractivity contribution in [3.05, 3.63) is 58.1 Å². The Morgan fingerprint density at radius 3 is 2.70 bits per heavy atom. The Morgan fingerprint density at radius 2 is 2.00 bits per heavy atom. The summed E-state index contributed by atoms with van der Waals surface area (Å²) in [5, 5.41) is 12.6. The standard InChI is InChI=1S/C19H26N6O2/c1-20-19(22-13-15-4-3-5-16(12-15)14-26)25-10-8-24(9-11-25)17-18(27)23(2)7-6-21-17/h3-7,12,26H,8-11,13-14H2,1-2H3,(H,20,22). The number of hydrogen-bond acceptors (Lipinski definition) is 5. The summed E-state index contributed by atoms with van der Waals surface area (Å²) in [6, 6.07) is 7.85.